The molecule has 0 heterocycles. The van der Waals surface area contributed by atoms with E-state index in [1.54, 1.807) is 7.11 Å². The van der Waals surface area contributed by atoms with Gasteiger partial charge in [0.1, 0.15) is 5.75 Å². The van der Waals surface area contributed by atoms with Crippen molar-refractivity contribution in [1.82, 2.24) is 4.90 Å². The predicted octanol–water partition coefficient (Wildman–Crippen LogP) is 3.08. The quantitative estimate of drug-likeness (QED) is 0.799. The maximum Gasteiger partial charge on any atom is 0.119 e. The third kappa shape index (κ3) is 6.13. The standard InChI is InChI=1S/C19H31NO3/c1-15-7-9-17(10-8-15)20(2)12-18(21)14-23-13-16-5-4-6-19(11-16)22-3/h4-6,11,15,17-18,21H,7-10,12-14H2,1-3H3. The Labute approximate surface area is 140 Å². The SMILES string of the molecule is COc1cccc(COCC(O)CN(C)C2CCC(C)CC2)c1. The Kier molecular flexibility index (Phi) is 7.34. The van der Waals surface area contributed by atoms with Gasteiger partial charge in [0, 0.05) is 12.6 Å². The minimum Gasteiger partial charge on any atom is -0.497 e. The summed E-state index contributed by atoms with van der Waals surface area (Å²) in [6.07, 6.45) is 4.66. The van der Waals surface area contributed by atoms with Crippen molar-refractivity contribution >= 4 is 0 Å². The van der Waals surface area contributed by atoms with Crippen LogP contribution in [0.5, 0.6) is 5.75 Å². The summed E-state index contributed by atoms with van der Waals surface area (Å²) in [5, 5.41) is 10.2. The molecule has 1 atom stereocenters. The Morgan fingerprint density at radius 1 is 1.26 bits per heavy atom. The molecule has 0 aliphatic heterocycles. The van der Waals surface area contributed by atoms with Crippen molar-refractivity contribution < 1.29 is 14.6 Å². The number of likely N-dealkylation sites (N-methyl/N-ethyl adjacent to an activating group) is 1. The van der Waals surface area contributed by atoms with Crippen molar-refractivity contribution in [2.75, 3.05) is 27.3 Å². The van der Waals surface area contributed by atoms with E-state index in [1.165, 1.54) is 25.7 Å². The van der Waals surface area contributed by atoms with E-state index >= 15 is 0 Å². The third-order valence-corrected chi connectivity index (χ3v) is 4.82. The molecule has 1 fully saturated rings. The fraction of sp³-hybridized carbons (Fsp3) is 0.684. The molecule has 0 aromatic heterocycles. The van der Waals surface area contributed by atoms with E-state index in [9.17, 15) is 5.11 Å². The van der Waals surface area contributed by atoms with Crippen molar-refractivity contribution in [3.05, 3.63) is 29.8 Å². The van der Waals surface area contributed by atoms with Gasteiger partial charge in [0.2, 0.25) is 0 Å². The van der Waals surface area contributed by atoms with Gasteiger partial charge in [0.25, 0.3) is 0 Å². The molecule has 1 aromatic rings. The maximum atomic E-state index is 10.2. The van der Waals surface area contributed by atoms with E-state index < -0.39 is 6.10 Å². The summed E-state index contributed by atoms with van der Waals surface area (Å²) < 4.78 is 10.9. The Morgan fingerprint density at radius 3 is 2.70 bits per heavy atom. The average molecular weight is 321 g/mol. The largest absolute Gasteiger partial charge is 0.497 e. The fourth-order valence-corrected chi connectivity index (χ4v) is 3.29. The fourth-order valence-electron chi connectivity index (χ4n) is 3.29. The van der Waals surface area contributed by atoms with Crippen LogP contribution in [-0.4, -0.2) is 49.5 Å². The lowest BCUT2D eigenvalue weighted by Crippen LogP contribution is -2.40. The van der Waals surface area contributed by atoms with E-state index in [4.69, 9.17) is 9.47 Å². The summed E-state index contributed by atoms with van der Waals surface area (Å²) in [7, 11) is 3.78. The van der Waals surface area contributed by atoms with Crippen molar-refractivity contribution in [3.8, 4) is 5.75 Å². The molecular formula is C19H31NO3. The summed E-state index contributed by atoms with van der Waals surface area (Å²) in [6, 6.07) is 8.44. The minimum atomic E-state index is -0.440. The molecule has 0 bridgehead atoms. The lowest BCUT2D eigenvalue weighted by molar-refractivity contribution is 0.00379. The van der Waals surface area contributed by atoms with E-state index in [1.807, 2.05) is 24.3 Å². The second kappa shape index (κ2) is 9.26. The molecule has 4 nitrogen and oxygen atoms in total. The molecule has 1 N–H and O–H groups in total. The zero-order valence-corrected chi connectivity index (χ0v) is 14.7. The molecule has 2 rings (SSSR count). The Morgan fingerprint density at radius 2 is 2.00 bits per heavy atom. The van der Waals surface area contributed by atoms with E-state index in [0.29, 0.717) is 25.8 Å². The molecule has 0 amide bonds. The number of aliphatic hydroxyl groups is 1. The van der Waals surface area contributed by atoms with Crippen LogP contribution in [0.2, 0.25) is 0 Å². The summed E-state index contributed by atoms with van der Waals surface area (Å²) >= 11 is 0. The topological polar surface area (TPSA) is 41.9 Å². The van der Waals surface area contributed by atoms with Crippen molar-refractivity contribution in [3.63, 3.8) is 0 Å². The molecule has 0 saturated heterocycles. The molecule has 1 aromatic carbocycles. The number of aliphatic hydroxyl groups excluding tert-OH is 1. The summed E-state index contributed by atoms with van der Waals surface area (Å²) in [5.41, 5.74) is 1.06. The van der Waals surface area contributed by atoms with Crippen LogP contribution in [-0.2, 0) is 11.3 Å². The van der Waals surface area contributed by atoms with Gasteiger partial charge in [-0.3, -0.25) is 0 Å². The molecule has 4 heteroatoms. The van der Waals surface area contributed by atoms with Gasteiger partial charge in [-0.1, -0.05) is 19.1 Å². The van der Waals surface area contributed by atoms with Gasteiger partial charge in [-0.15, -0.1) is 0 Å². The van der Waals surface area contributed by atoms with Crippen LogP contribution in [0.3, 0.4) is 0 Å². The molecule has 130 valence electrons. The Hall–Kier alpha value is -1.10. The van der Waals surface area contributed by atoms with Gasteiger partial charge in [-0.25, -0.2) is 0 Å². The Bertz CT molecular complexity index is 458. The third-order valence-electron chi connectivity index (χ3n) is 4.82. The molecule has 0 spiro atoms. The number of ether oxygens (including phenoxy) is 2. The number of benzene rings is 1. The van der Waals surface area contributed by atoms with Crippen molar-refractivity contribution in [1.29, 1.82) is 0 Å². The molecule has 1 saturated carbocycles. The number of hydrogen-bond donors (Lipinski definition) is 1. The molecule has 23 heavy (non-hydrogen) atoms. The van der Waals surface area contributed by atoms with E-state index in [0.717, 1.165) is 17.2 Å². The number of methoxy groups -OCH3 is 1. The van der Waals surface area contributed by atoms with Crippen LogP contribution in [0.1, 0.15) is 38.2 Å². The van der Waals surface area contributed by atoms with E-state index in [2.05, 4.69) is 18.9 Å². The minimum absolute atomic E-state index is 0.366. The smallest absolute Gasteiger partial charge is 0.119 e. The van der Waals surface area contributed by atoms with Crippen LogP contribution in [0.15, 0.2) is 24.3 Å². The monoisotopic (exact) mass is 321 g/mol. The highest BCUT2D eigenvalue weighted by atomic mass is 16.5. The van der Waals surface area contributed by atoms with Gasteiger partial charge in [0.15, 0.2) is 0 Å². The normalized spacial score (nSPS) is 23.0. The number of nitrogens with zero attached hydrogens (tertiary/aromatic N) is 1. The van der Waals surface area contributed by atoms with Crippen LogP contribution >= 0.6 is 0 Å². The van der Waals surface area contributed by atoms with Crippen LogP contribution < -0.4 is 4.74 Å². The first-order chi connectivity index (χ1) is 11.1. The zero-order chi connectivity index (χ0) is 16.7. The average Bonchev–Trinajstić information content (AvgIpc) is 2.55. The molecular weight excluding hydrogens is 290 g/mol. The summed E-state index contributed by atoms with van der Waals surface area (Å²) in [5.74, 6) is 1.69. The predicted molar refractivity (Wildman–Crippen MR) is 92.7 cm³/mol. The van der Waals surface area contributed by atoms with Crippen molar-refractivity contribution in [2.24, 2.45) is 5.92 Å². The first-order valence-corrected chi connectivity index (χ1v) is 8.67. The lowest BCUT2D eigenvalue weighted by Gasteiger charge is -2.34. The number of hydrogen-bond acceptors (Lipinski definition) is 4. The highest BCUT2D eigenvalue weighted by Crippen LogP contribution is 2.26. The number of rotatable bonds is 8. The van der Waals surface area contributed by atoms with Gasteiger partial charge in [-0.05, 0) is 56.3 Å². The lowest BCUT2D eigenvalue weighted by atomic mass is 9.87. The van der Waals surface area contributed by atoms with Gasteiger partial charge in [0.05, 0.1) is 26.4 Å². The van der Waals surface area contributed by atoms with Gasteiger partial charge in [-0.2, -0.15) is 0 Å². The molecule has 0 radical (unpaired) electrons. The first kappa shape index (κ1) is 18.2. The maximum absolute atomic E-state index is 10.2. The van der Waals surface area contributed by atoms with Crippen LogP contribution in [0, 0.1) is 5.92 Å². The molecule has 1 aliphatic carbocycles. The van der Waals surface area contributed by atoms with Gasteiger partial charge >= 0.3 is 0 Å². The summed E-state index contributed by atoms with van der Waals surface area (Å²) in [6.45, 7) is 3.87. The molecule has 1 unspecified atom stereocenters. The van der Waals surface area contributed by atoms with Crippen LogP contribution in [0.25, 0.3) is 0 Å². The first-order valence-electron chi connectivity index (χ1n) is 8.67. The Balaban J connectivity index is 1.67. The summed E-state index contributed by atoms with van der Waals surface area (Å²) in [4.78, 5) is 2.30. The second-order valence-electron chi connectivity index (χ2n) is 6.87. The second-order valence-corrected chi connectivity index (χ2v) is 6.87. The van der Waals surface area contributed by atoms with Crippen molar-refractivity contribution in [2.45, 2.75) is 51.4 Å². The van der Waals surface area contributed by atoms with Crippen LogP contribution in [0.4, 0.5) is 0 Å². The zero-order valence-electron chi connectivity index (χ0n) is 14.7. The highest BCUT2D eigenvalue weighted by Gasteiger charge is 2.23. The van der Waals surface area contributed by atoms with Gasteiger partial charge < -0.3 is 19.5 Å². The molecule has 1 aliphatic rings. The van der Waals surface area contributed by atoms with E-state index in [-0.39, 0.29) is 0 Å². The highest BCUT2D eigenvalue weighted by molar-refractivity contribution is 5.27.